The molecule has 0 heterocycles. The van der Waals surface area contributed by atoms with Gasteiger partial charge in [-0.15, -0.1) is 12.3 Å². The summed E-state index contributed by atoms with van der Waals surface area (Å²) in [4.78, 5) is 22.6. The molecule has 0 radical (unpaired) electrons. The first kappa shape index (κ1) is 14.4. The van der Waals surface area contributed by atoms with E-state index in [9.17, 15) is 9.59 Å². The molecule has 1 amide bonds. The third-order valence-corrected chi connectivity index (χ3v) is 2.71. The summed E-state index contributed by atoms with van der Waals surface area (Å²) in [6.07, 6.45) is 5.37. The molecule has 0 atom stereocenters. The number of benzene rings is 1. The molecule has 0 saturated heterocycles. The Morgan fingerprint density at radius 3 is 2.50 bits per heavy atom. The highest BCUT2D eigenvalue weighted by Gasteiger charge is 2.19. The molecule has 0 bridgehead atoms. The van der Waals surface area contributed by atoms with E-state index in [1.807, 2.05) is 0 Å². The van der Waals surface area contributed by atoms with Gasteiger partial charge >= 0.3 is 5.97 Å². The lowest BCUT2D eigenvalue weighted by atomic mass is 10.1. The Hall–Kier alpha value is -1.70. The number of anilines is 1. The standard InChI is InChI=1S/C12H9Cl2NO3/c1-2-3-4-9(16)15-11-8(14)6-5-7(13)10(11)12(17)18/h1,5-6H,3-4H2,(H,15,16)(H,17,18). The van der Waals surface area contributed by atoms with Crippen molar-refractivity contribution in [1.82, 2.24) is 0 Å². The lowest BCUT2D eigenvalue weighted by Gasteiger charge is -2.11. The zero-order valence-corrected chi connectivity index (χ0v) is 10.7. The van der Waals surface area contributed by atoms with E-state index in [2.05, 4.69) is 11.2 Å². The van der Waals surface area contributed by atoms with Crippen molar-refractivity contribution >= 4 is 40.8 Å². The average molecular weight is 286 g/mol. The molecule has 0 aliphatic carbocycles. The van der Waals surface area contributed by atoms with Gasteiger partial charge in [0.25, 0.3) is 0 Å². The molecule has 4 nitrogen and oxygen atoms in total. The number of carboxylic acids is 1. The lowest BCUT2D eigenvalue weighted by molar-refractivity contribution is -0.116. The van der Waals surface area contributed by atoms with Crippen LogP contribution in [0.2, 0.25) is 10.0 Å². The second kappa shape index (κ2) is 6.29. The molecule has 2 N–H and O–H groups in total. The monoisotopic (exact) mass is 285 g/mol. The number of carboxylic acid groups (broad SMARTS) is 1. The van der Waals surface area contributed by atoms with E-state index >= 15 is 0 Å². The fourth-order valence-corrected chi connectivity index (χ4v) is 1.71. The van der Waals surface area contributed by atoms with Gasteiger partial charge in [-0.3, -0.25) is 4.79 Å². The SMILES string of the molecule is C#CCCC(=O)Nc1c(Cl)ccc(Cl)c1C(=O)O. The number of rotatable bonds is 4. The van der Waals surface area contributed by atoms with Crippen molar-refractivity contribution in [1.29, 1.82) is 0 Å². The van der Waals surface area contributed by atoms with Crippen molar-refractivity contribution in [3.8, 4) is 12.3 Å². The number of carbonyl (C=O) groups is 2. The summed E-state index contributed by atoms with van der Waals surface area (Å²) in [5, 5.41) is 11.5. The second-order valence-electron chi connectivity index (χ2n) is 3.34. The zero-order chi connectivity index (χ0) is 13.7. The molecular formula is C12H9Cl2NO3. The number of hydrogen-bond donors (Lipinski definition) is 2. The van der Waals surface area contributed by atoms with Gasteiger partial charge in [-0.05, 0) is 12.1 Å². The number of nitrogens with one attached hydrogen (secondary N) is 1. The number of hydrogen-bond acceptors (Lipinski definition) is 2. The van der Waals surface area contributed by atoms with Crippen molar-refractivity contribution in [2.45, 2.75) is 12.8 Å². The van der Waals surface area contributed by atoms with Crippen LogP contribution < -0.4 is 5.32 Å². The molecule has 0 aliphatic rings. The fourth-order valence-electron chi connectivity index (χ4n) is 1.27. The summed E-state index contributed by atoms with van der Waals surface area (Å²) in [5.41, 5.74) is -0.253. The Kier molecular flexibility index (Phi) is 5.02. The molecule has 0 spiro atoms. The van der Waals surface area contributed by atoms with Gasteiger partial charge < -0.3 is 10.4 Å². The van der Waals surface area contributed by atoms with E-state index in [1.54, 1.807) is 0 Å². The van der Waals surface area contributed by atoms with Crippen LogP contribution in [-0.4, -0.2) is 17.0 Å². The zero-order valence-electron chi connectivity index (χ0n) is 9.17. The van der Waals surface area contributed by atoms with Crippen molar-refractivity contribution < 1.29 is 14.7 Å². The van der Waals surface area contributed by atoms with Gasteiger partial charge in [0, 0.05) is 12.8 Å². The first-order chi connectivity index (χ1) is 8.47. The minimum Gasteiger partial charge on any atom is -0.478 e. The van der Waals surface area contributed by atoms with Gasteiger partial charge in [-0.1, -0.05) is 23.2 Å². The highest BCUT2D eigenvalue weighted by Crippen LogP contribution is 2.32. The largest absolute Gasteiger partial charge is 0.478 e. The van der Waals surface area contributed by atoms with Crippen molar-refractivity contribution in [3.05, 3.63) is 27.7 Å². The van der Waals surface area contributed by atoms with E-state index in [4.69, 9.17) is 34.7 Å². The van der Waals surface area contributed by atoms with Crippen LogP contribution in [0.4, 0.5) is 5.69 Å². The van der Waals surface area contributed by atoms with E-state index in [-0.39, 0.29) is 34.1 Å². The topological polar surface area (TPSA) is 66.4 Å². The summed E-state index contributed by atoms with van der Waals surface area (Å²) < 4.78 is 0. The normalized spacial score (nSPS) is 9.61. The van der Waals surface area contributed by atoms with Crippen LogP contribution >= 0.6 is 23.2 Å². The maximum Gasteiger partial charge on any atom is 0.339 e. The van der Waals surface area contributed by atoms with Crippen LogP contribution in [0.25, 0.3) is 0 Å². The van der Waals surface area contributed by atoms with Crippen molar-refractivity contribution in [2.75, 3.05) is 5.32 Å². The Bertz CT molecular complexity index is 535. The first-order valence-corrected chi connectivity index (χ1v) is 5.67. The van der Waals surface area contributed by atoms with E-state index in [0.29, 0.717) is 0 Å². The quantitative estimate of drug-likeness (QED) is 0.836. The van der Waals surface area contributed by atoms with Crippen LogP contribution in [0, 0.1) is 12.3 Å². The van der Waals surface area contributed by atoms with Gasteiger partial charge in [0.15, 0.2) is 0 Å². The van der Waals surface area contributed by atoms with Gasteiger partial charge in [-0.2, -0.15) is 0 Å². The molecule has 6 heteroatoms. The van der Waals surface area contributed by atoms with Crippen LogP contribution in [0.5, 0.6) is 0 Å². The summed E-state index contributed by atoms with van der Waals surface area (Å²) in [5.74, 6) is 0.626. The van der Waals surface area contributed by atoms with Crippen LogP contribution in [0.15, 0.2) is 12.1 Å². The van der Waals surface area contributed by atoms with E-state index in [1.165, 1.54) is 12.1 Å². The van der Waals surface area contributed by atoms with Gasteiger partial charge in [0.2, 0.25) is 5.91 Å². The molecule has 18 heavy (non-hydrogen) atoms. The summed E-state index contributed by atoms with van der Waals surface area (Å²) in [6.45, 7) is 0. The third-order valence-electron chi connectivity index (χ3n) is 2.08. The Labute approximate surface area is 114 Å². The van der Waals surface area contributed by atoms with Gasteiger partial charge in [0.05, 0.1) is 15.7 Å². The Morgan fingerprint density at radius 1 is 1.33 bits per heavy atom. The van der Waals surface area contributed by atoms with Crippen molar-refractivity contribution in [3.63, 3.8) is 0 Å². The summed E-state index contributed by atoms with van der Waals surface area (Å²) >= 11 is 11.6. The second-order valence-corrected chi connectivity index (χ2v) is 4.15. The fraction of sp³-hybridized carbons (Fsp3) is 0.167. The molecule has 1 aromatic rings. The number of terminal acetylenes is 1. The van der Waals surface area contributed by atoms with Crippen LogP contribution in [-0.2, 0) is 4.79 Å². The first-order valence-electron chi connectivity index (χ1n) is 4.92. The molecular weight excluding hydrogens is 277 g/mol. The smallest absolute Gasteiger partial charge is 0.339 e. The van der Waals surface area contributed by atoms with Crippen LogP contribution in [0.3, 0.4) is 0 Å². The lowest BCUT2D eigenvalue weighted by Crippen LogP contribution is -2.15. The van der Waals surface area contributed by atoms with E-state index in [0.717, 1.165) is 0 Å². The van der Waals surface area contributed by atoms with E-state index < -0.39 is 11.9 Å². The molecule has 1 rings (SSSR count). The molecule has 0 fully saturated rings. The molecule has 0 saturated carbocycles. The molecule has 1 aromatic carbocycles. The molecule has 0 aliphatic heterocycles. The number of amides is 1. The minimum atomic E-state index is -1.27. The maximum absolute atomic E-state index is 11.5. The number of carbonyl (C=O) groups excluding carboxylic acids is 1. The van der Waals surface area contributed by atoms with Crippen molar-refractivity contribution in [2.24, 2.45) is 0 Å². The van der Waals surface area contributed by atoms with Crippen LogP contribution in [0.1, 0.15) is 23.2 Å². The predicted molar refractivity (Wildman–Crippen MR) is 70.1 cm³/mol. The Morgan fingerprint density at radius 2 is 1.94 bits per heavy atom. The molecule has 0 aromatic heterocycles. The third kappa shape index (κ3) is 3.39. The number of aromatic carboxylic acids is 1. The minimum absolute atomic E-state index is 0.000787. The maximum atomic E-state index is 11.5. The average Bonchev–Trinajstić information content (AvgIpc) is 2.30. The molecule has 94 valence electrons. The number of halogens is 2. The van der Waals surface area contributed by atoms with Gasteiger partial charge in [0.1, 0.15) is 5.56 Å². The Balaban J connectivity index is 3.08. The highest BCUT2D eigenvalue weighted by molar-refractivity contribution is 6.38. The summed E-state index contributed by atoms with van der Waals surface area (Å²) in [7, 11) is 0. The molecule has 0 unspecified atom stereocenters. The van der Waals surface area contributed by atoms with Gasteiger partial charge in [-0.25, -0.2) is 4.79 Å². The predicted octanol–water partition coefficient (Wildman–Crippen LogP) is 3.04. The highest BCUT2D eigenvalue weighted by atomic mass is 35.5. The summed E-state index contributed by atoms with van der Waals surface area (Å²) in [6, 6.07) is 2.76.